The van der Waals surface area contributed by atoms with Gasteiger partial charge in [0, 0.05) is 0 Å². The van der Waals surface area contributed by atoms with E-state index in [2.05, 4.69) is 76.0 Å². The van der Waals surface area contributed by atoms with Gasteiger partial charge >= 0.3 is 0 Å². The van der Waals surface area contributed by atoms with Crippen molar-refractivity contribution in [1.82, 2.24) is 0 Å². The predicted molar refractivity (Wildman–Crippen MR) is 133 cm³/mol. The largest absolute Gasteiger partial charge is 0.207 e. The molecule has 3 aromatic carbocycles. The molecule has 0 saturated heterocycles. The van der Waals surface area contributed by atoms with Crippen molar-refractivity contribution in [2.24, 2.45) is 0 Å². The lowest BCUT2D eigenvalue weighted by atomic mass is 9.85. The fourth-order valence-corrected chi connectivity index (χ4v) is 3.96. The van der Waals surface area contributed by atoms with E-state index in [1.807, 2.05) is 19.1 Å². The van der Waals surface area contributed by atoms with E-state index in [0.717, 1.165) is 45.4 Å². The van der Waals surface area contributed by atoms with Crippen LogP contribution in [0.1, 0.15) is 45.4 Å². The number of hydrogen-bond acceptors (Lipinski definition) is 0. The number of halogens is 1. The molecular weight excluding hydrogens is 379 g/mol. The SMILES string of the molecule is C=C(CCc1ccc(C)cc1F)C(=C)c1c(C)cccc1C(=C)Cc1ccccc1C. The molecule has 0 saturated carbocycles. The van der Waals surface area contributed by atoms with Gasteiger partial charge in [-0.2, -0.15) is 0 Å². The Balaban J connectivity index is 1.81. The van der Waals surface area contributed by atoms with Crippen LogP contribution in [0.2, 0.25) is 0 Å². The van der Waals surface area contributed by atoms with Gasteiger partial charge in [0.05, 0.1) is 0 Å². The average molecular weight is 411 g/mol. The standard InChI is InChI=1S/C30H31F/c1-20-14-16-26(29(31)18-20)17-15-21(2)25(6)30-23(4)11-9-13-28(30)24(5)19-27-12-8-7-10-22(27)3/h7-14,16,18H,2,5-6,15,17,19H2,1,3-4H3. The highest BCUT2D eigenvalue weighted by atomic mass is 19.1. The molecule has 3 aromatic rings. The lowest BCUT2D eigenvalue weighted by Crippen LogP contribution is -2.01. The number of hydrogen-bond donors (Lipinski definition) is 0. The monoisotopic (exact) mass is 410 g/mol. The Morgan fingerprint density at radius 2 is 1.52 bits per heavy atom. The predicted octanol–water partition coefficient (Wildman–Crippen LogP) is 8.21. The van der Waals surface area contributed by atoms with Crippen LogP contribution in [0.4, 0.5) is 4.39 Å². The minimum absolute atomic E-state index is 0.151. The molecule has 0 N–H and O–H groups in total. The smallest absolute Gasteiger partial charge is 0.126 e. The highest BCUT2D eigenvalue weighted by molar-refractivity contribution is 5.86. The zero-order valence-corrected chi connectivity index (χ0v) is 18.9. The first kappa shape index (κ1) is 22.5. The Morgan fingerprint density at radius 1 is 0.806 bits per heavy atom. The van der Waals surface area contributed by atoms with Crippen LogP contribution in [-0.4, -0.2) is 0 Å². The minimum Gasteiger partial charge on any atom is -0.207 e. The number of rotatable bonds is 8. The molecule has 0 radical (unpaired) electrons. The molecule has 1 heteroatoms. The number of benzene rings is 3. The van der Waals surface area contributed by atoms with Crippen LogP contribution < -0.4 is 0 Å². The maximum atomic E-state index is 14.2. The molecule has 0 aromatic heterocycles. The zero-order chi connectivity index (χ0) is 22.5. The van der Waals surface area contributed by atoms with Crippen molar-refractivity contribution < 1.29 is 4.39 Å². The fraction of sp³-hybridized carbons (Fsp3) is 0.200. The first-order chi connectivity index (χ1) is 14.8. The van der Waals surface area contributed by atoms with Gasteiger partial charge in [0.25, 0.3) is 0 Å². The fourth-order valence-electron chi connectivity index (χ4n) is 3.96. The third-order valence-corrected chi connectivity index (χ3v) is 5.95. The molecule has 0 aliphatic rings. The Hall–Kier alpha value is -3.19. The van der Waals surface area contributed by atoms with Crippen molar-refractivity contribution in [3.8, 4) is 0 Å². The molecule has 0 unspecified atom stereocenters. The summed E-state index contributed by atoms with van der Waals surface area (Å²) in [5, 5.41) is 0. The van der Waals surface area contributed by atoms with E-state index in [4.69, 9.17) is 0 Å². The first-order valence-electron chi connectivity index (χ1n) is 10.7. The van der Waals surface area contributed by atoms with Crippen molar-refractivity contribution in [3.63, 3.8) is 0 Å². The summed E-state index contributed by atoms with van der Waals surface area (Å²) in [6.45, 7) is 19.2. The molecular formula is C30H31F. The van der Waals surface area contributed by atoms with Crippen LogP contribution in [0.3, 0.4) is 0 Å². The number of aryl methyl sites for hydroxylation is 4. The van der Waals surface area contributed by atoms with Crippen LogP contribution >= 0.6 is 0 Å². The molecule has 0 heterocycles. The van der Waals surface area contributed by atoms with E-state index in [-0.39, 0.29) is 5.82 Å². The van der Waals surface area contributed by atoms with Crippen molar-refractivity contribution in [1.29, 1.82) is 0 Å². The van der Waals surface area contributed by atoms with Gasteiger partial charge in [-0.25, -0.2) is 4.39 Å². The van der Waals surface area contributed by atoms with Gasteiger partial charge in [0.1, 0.15) is 5.82 Å². The summed E-state index contributed by atoms with van der Waals surface area (Å²) < 4.78 is 14.2. The van der Waals surface area contributed by atoms with Gasteiger partial charge in [-0.1, -0.05) is 74.3 Å². The number of allylic oxidation sites excluding steroid dienone is 3. The maximum Gasteiger partial charge on any atom is 0.126 e. The lowest BCUT2D eigenvalue weighted by Gasteiger charge is -2.19. The molecule has 158 valence electrons. The summed E-state index contributed by atoms with van der Waals surface area (Å²) in [5.41, 5.74) is 10.4. The van der Waals surface area contributed by atoms with E-state index >= 15 is 0 Å². The molecule has 0 nitrogen and oxygen atoms in total. The molecule has 31 heavy (non-hydrogen) atoms. The van der Waals surface area contributed by atoms with Crippen LogP contribution in [-0.2, 0) is 12.8 Å². The Bertz CT molecular complexity index is 1150. The summed E-state index contributed by atoms with van der Waals surface area (Å²) in [7, 11) is 0. The zero-order valence-electron chi connectivity index (χ0n) is 18.9. The Kier molecular flexibility index (Phi) is 7.07. The van der Waals surface area contributed by atoms with Gasteiger partial charge in [0.15, 0.2) is 0 Å². The topological polar surface area (TPSA) is 0 Å². The quantitative estimate of drug-likeness (QED) is 0.328. The second-order valence-corrected chi connectivity index (χ2v) is 8.38. The van der Waals surface area contributed by atoms with E-state index in [0.29, 0.717) is 18.4 Å². The van der Waals surface area contributed by atoms with Crippen LogP contribution in [0, 0.1) is 26.6 Å². The van der Waals surface area contributed by atoms with E-state index in [1.54, 1.807) is 6.07 Å². The summed E-state index contributed by atoms with van der Waals surface area (Å²) >= 11 is 0. The Morgan fingerprint density at radius 3 is 2.23 bits per heavy atom. The molecule has 0 bridgehead atoms. The van der Waals surface area contributed by atoms with Gasteiger partial charge < -0.3 is 0 Å². The average Bonchev–Trinajstić information content (AvgIpc) is 2.73. The van der Waals surface area contributed by atoms with Gasteiger partial charge in [-0.3, -0.25) is 0 Å². The van der Waals surface area contributed by atoms with E-state index in [1.165, 1.54) is 11.1 Å². The highest BCUT2D eigenvalue weighted by Gasteiger charge is 2.15. The molecule has 0 spiro atoms. The molecule has 0 atom stereocenters. The third kappa shape index (κ3) is 5.30. The van der Waals surface area contributed by atoms with Crippen LogP contribution in [0.5, 0.6) is 0 Å². The second-order valence-electron chi connectivity index (χ2n) is 8.38. The summed E-state index contributed by atoms with van der Waals surface area (Å²) in [6.07, 6.45) is 2.06. The van der Waals surface area contributed by atoms with Crippen molar-refractivity contribution in [2.45, 2.75) is 40.0 Å². The van der Waals surface area contributed by atoms with E-state index in [9.17, 15) is 4.39 Å². The molecule has 3 rings (SSSR count). The van der Waals surface area contributed by atoms with Gasteiger partial charge in [-0.05, 0) is 102 Å². The summed E-state index contributed by atoms with van der Waals surface area (Å²) in [4.78, 5) is 0. The van der Waals surface area contributed by atoms with Crippen molar-refractivity contribution in [2.75, 3.05) is 0 Å². The second kappa shape index (κ2) is 9.75. The normalized spacial score (nSPS) is 10.7. The van der Waals surface area contributed by atoms with Crippen molar-refractivity contribution in [3.05, 3.63) is 131 Å². The van der Waals surface area contributed by atoms with Gasteiger partial charge in [0.2, 0.25) is 0 Å². The molecule has 0 aliphatic heterocycles. The van der Waals surface area contributed by atoms with E-state index < -0.39 is 0 Å². The minimum atomic E-state index is -0.151. The van der Waals surface area contributed by atoms with Gasteiger partial charge in [-0.15, -0.1) is 0 Å². The third-order valence-electron chi connectivity index (χ3n) is 5.95. The van der Waals surface area contributed by atoms with Crippen molar-refractivity contribution >= 4 is 11.1 Å². The Labute approximate surface area is 186 Å². The molecule has 0 fully saturated rings. The summed E-state index contributed by atoms with van der Waals surface area (Å²) in [5.74, 6) is -0.151. The lowest BCUT2D eigenvalue weighted by molar-refractivity contribution is 0.608. The maximum absolute atomic E-state index is 14.2. The first-order valence-corrected chi connectivity index (χ1v) is 10.7. The molecule has 0 aliphatic carbocycles. The highest BCUT2D eigenvalue weighted by Crippen LogP contribution is 2.34. The van der Waals surface area contributed by atoms with Crippen LogP contribution in [0.25, 0.3) is 11.1 Å². The van der Waals surface area contributed by atoms with Crippen LogP contribution in [0.15, 0.2) is 86.0 Å². The summed E-state index contributed by atoms with van der Waals surface area (Å²) in [6, 6.07) is 20.1. The molecule has 0 amide bonds.